The molecule has 0 aliphatic heterocycles. The molecule has 1 N–H and O–H groups in total. The Hall–Kier alpha value is -3.65. The second-order valence-electron chi connectivity index (χ2n) is 6.40. The van der Waals surface area contributed by atoms with Crippen LogP contribution in [0.15, 0.2) is 71.3 Å². The van der Waals surface area contributed by atoms with Crippen LogP contribution in [0.3, 0.4) is 0 Å². The number of benzene rings is 2. The molecule has 2 aromatic carbocycles. The van der Waals surface area contributed by atoms with Gasteiger partial charge in [-0.25, -0.2) is 0 Å². The first-order valence-corrected chi connectivity index (χ1v) is 8.96. The molecule has 0 aliphatic rings. The first kappa shape index (κ1) is 20.1. The van der Waals surface area contributed by atoms with Gasteiger partial charge in [-0.05, 0) is 29.8 Å². The zero-order valence-electron chi connectivity index (χ0n) is 15.9. The Labute approximate surface area is 167 Å². The SMILES string of the molecule is COc1ccc(NC(=O)CN(Cc2ccccc2)Cc2ccco2)c([N+](=O)[O-])c1. The predicted octanol–water partition coefficient (Wildman–Crippen LogP) is 3.84. The van der Waals surface area contributed by atoms with Crippen molar-refractivity contribution in [3.05, 3.63) is 88.4 Å². The maximum absolute atomic E-state index is 12.6. The highest BCUT2D eigenvalue weighted by molar-refractivity contribution is 5.94. The average molecular weight is 395 g/mol. The van der Waals surface area contributed by atoms with Crippen LogP contribution in [0.1, 0.15) is 11.3 Å². The lowest BCUT2D eigenvalue weighted by molar-refractivity contribution is -0.384. The van der Waals surface area contributed by atoms with Crippen molar-refractivity contribution in [3.63, 3.8) is 0 Å². The number of carbonyl (C=O) groups excluding carboxylic acids is 1. The van der Waals surface area contributed by atoms with Gasteiger partial charge in [0.1, 0.15) is 17.2 Å². The number of nitro benzene ring substituents is 1. The Morgan fingerprint density at radius 1 is 1.14 bits per heavy atom. The fraction of sp³-hybridized carbons (Fsp3) is 0.190. The van der Waals surface area contributed by atoms with Gasteiger partial charge in [0.25, 0.3) is 5.69 Å². The molecule has 0 aliphatic carbocycles. The van der Waals surface area contributed by atoms with Crippen LogP contribution in [0.2, 0.25) is 0 Å². The van der Waals surface area contributed by atoms with E-state index in [1.165, 1.54) is 19.2 Å². The number of methoxy groups -OCH3 is 1. The van der Waals surface area contributed by atoms with Crippen molar-refractivity contribution < 1.29 is 18.9 Å². The maximum atomic E-state index is 12.6. The third-order valence-electron chi connectivity index (χ3n) is 4.25. The zero-order valence-corrected chi connectivity index (χ0v) is 15.9. The highest BCUT2D eigenvalue weighted by atomic mass is 16.6. The monoisotopic (exact) mass is 395 g/mol. The van der Waals surface area contributed by atoms with Gasteiger partial charge < -0.3 is 14.5 Å². The van der Waals surface area contributed by atoms with E-state index in [0.717, 1.165) is 11.3 Å². The summed E-state index contributed by atoms with van der Waals surface area (Å²) in [5.41, 5.74) is 0.944. The van der Waals surface area contributed by atoms with Crippen LogP contribution in [-0.4, -0.2) is 29.4 Å². The minimum Gasteiger partial charge on any atom is -0.496 e. The Balaban J connectivity index is 1.73. The van der Waals surface area contributed by atoms with Gasteiger partial charge in [0.2, 0.25) is 5.91 Å². The summed E-state index contributed by atoms with van der Waals surface area (Å²) >= 11 is 0. The van der Waals surface area contributed by atoms with Gasteiger partial charge in [0.05, 0.1) is 37.5 Å². The molecule has 1 amide bonds. The molecule has 0 bridgehead atoms. The summed E-state index contributed by atoms with van der Waals surface area (Å²) in [4.78, 5) is 25.3. The molecule has 1 heterocycles. The van der Waals surface area contributed by atoms with Crippen molar-refractivity contribution >= 4 is 17.3 Å². The van der Waals surface area contributed by atoms with Gasteiger partial charge in [0, 0.05) is 6.54 Å². The lowest BCUT2D eigenvalue weighted by Crippen LogP contribution is -2.32. The molecule has 150 valence electrons. The summed E-state index contributed by atoms with van der Waals surface area (Å²) < 4.78 is 10.4. The van der Waals surface area contributed by atoms with Gasteiger partial charge in [-0.1, -0.05) is 30.3 Å². The standard InChI is InChI=1S/C21H21N3O5/c1-28-17-9-10-19(20(12-17)24(26)27)22-21(25)15-23(14-18-8-5-11-29-18)13-16-6-3-2-4-7-16/h2-12H,13-15H2,1H3,(H,22,25). The first-order valence-electron chi connectivity index (χ1n) is 8.96. The van der Waals surface area contributed by atoms with Crippen molar-refractivity contribution in [2.45, 2.75) is 13.1 Å². The van der Waals surface area contributed by atoms with Crippen molar-refractivity contribution in [2.24, 2.45) is 0 Å². The van der Waals surface area contributed by atoms with Crippen LogP contribution >= 0.6 is 0 Å². The quantitative estimate of drug-likeness (QED) is 0.437. The summed E-state index contributed by atoms with van der Waals surface area (Å²) in [5, 5.41) is 14.0. The van der Waals surface area contributed by atoms with E-state index < -0.39 is 4.92 Å². The number of amides is 1. The fourth-order valence-electron chi connectivity index (χ4n) is 2.92. The van der Waals surface area contributed by atoms with E-state index in [-0.39, 0.29) is 23.8 Å². The number of hydrogen-bond acceptors (Lipinski definition) is 6. The van der Waals surface area contributed by atoms with Crippen LogP contribution < -0.4 is 10.1 Å². The number of hydrogen-bond donors (Lipinski definition) is 1. The lowest BCUT2D eigenvalue weighted by Gasteiger charge is -2.21. The highest BCUT2D eigenvalue weighted by Crippen LogP contribution is 2.29. The molecule has 0 radical (unpaired) electrons. The zero-order chi connectivity index (χ0) is 20.6. The van der Waals surface area contributed by atoms with Crippen LogP contribution in [0.4, 0.5) is 11.4 Å². The molecule has 29 heavy (non-hydrogen) atoms. The van der Waals surface area contributed by atoms with Gasteiger partial charge in [0.15, 0.2) is 0 Å². The lowest BCUT2D eigenvalue weighted by atomic mass is 10.2. The Bertz CT molecular complexity index is 958. The number of furan rings is 1. The average Bonchev–Trinajstić information content (AvgIpc) is 3.21. The molecule has 8 nitrogen and oxygen atoms in total. The Kier molecular flexibility index (Phi) is 6.59. The molecule has 0 atom stereocenters. The molecule has 0 unspecified atom stereocenters. The summed E-state index contributed by atoms with van der Waals surface area (Å²) in [6.45, 7) is 0.998. The van der Waals surface area contributed by atoms with E-state index in [4.69, 9.17) is 9.15 Å². The molecule has 3 aromatic rings. The van der Waals surface area contributed by atoms with Crippen LogP contribution in [0.5, 0.6) is 5.75 Å². The molecule has 0 saturated heterocycles. The number of rotatable bonds is 9. The summed E-state index contributed by atoms with van der Waals surface area (Å²) in [6.07, 6.45) is 1.58. The van der Waals surface area contributed by atoms with Crippen molar-refractivity contribution in [2.75, 3.05) is 19.0 Å². The van der Waals surface area contributed by atoms with E-state index in [0.29, 0.717) is 18.8 Å². The number of nitrogens with zero attached hydrogens (tertiary/aromatic N) is 2. The molecule has 8 heteroatoms. The van der Waals surface area contributed by atoms with Gasteiger partial charge in [-0.3, -0.25) is 19.8 Å². The van der Waals surface area contributed by atoms with Gasteiger partial charge in [-0.2, -0.15) is 0 Å². The third kappa shape index (κ3) is 5.66. The van der Waals surface area contributed by atoms with Crippen LogP contribution in [0.25, 0.3) is 0 Å². The van der Waals surface area contributed by atoms with Crippen molar-refractivity contribution in [1.82, 2.24) is 4.90 Å². The second-order valence-corrected chi connectivity index (χ2v) is 6.40. The summed E-state index contributed by atoms with van der Waals surface area (Å²) in [7, 11) is 1.42. The highest BCUT2D eigenvalue weighted by Gasteiger charge is 2.19. The van der Waals surface area contributed by atoms with Crippen LogP contribution in [-0.2, 0) is 17.9 Å². The van der Waals surface area contributed by atoms with E-state index in [2.05, 4.69) is 5.32 Å². The smallest absolute Gasteiger partial charge is 0.296 e. The molecule has 3 rings (SSSR count). The van der Waals surface area contributed by atoms with Crippen molar-refractivity contribution in [3.8, 4) is 5.75 Å². The molecular formula is C21H21N3O5. The van der Waals surface area contributed by atoms with E-state index in [1.54, 1.807) is 18.4 Å². The molecular weight excluding hydrogens is 374 g/mol. The predicted molar refractivity (Wildman–Crippen MR) is 108 cm³/mol. The number of carbonyl (C=O) groups is 1. The molecule has 1 aromatic heterocycles. The van der Waals surface area contributed by atoms with E-state index in [9.17, 15) is 14.9 Å². The van der Waals surface area contributed by atoms with E-state index >= 15 is 0 Å². The molecule has 0 saturated carbocycles. The third-order valence-corrected chi connectivity index (χ3v) is 4.25. The number of nitrogens with one attached hydrogen (secondary N) is 1. The van der Waals surface area contributed by atoms with Crippen LogP contribution in [0, 0.1) is 10.1 Å². The largest absolute Gasteiger partial charge is 0.496 e. The Morgan fingerprint density at radius 3 is 2.59 bits per heavy atom. The first-order chi connectivity index (χ1) is 14.0. The number of ether oxygens (including phenoxy) is 1. The normalized spacial score (nSPS) is 10.7. The van der Waals surface area contributed by atoms with Gasteiger partial charge >= 0.3 is 0 Å². The number of anilines is 1. The van der Waals surface area contributed by atoms with Gasteiger partial charge in [-0.15, -0.1) is 0 Å². The van der Waals surface area contributed by atoms with E-state index in [1.807, 2.05) is 41.3 Å². The fourth-order valence-corrected chi connectivity index (χ4v) is 2.92. The minimum absolute atomic E-state index is 0.0405. The molecule has 0 spiro atoms. The van der Waals surface area contributed by atoms with Crippen molar-refractivity contribution in [1.29, 1.82) is 0 Å². The summed E-state index contributed by atoms with van der Waals surface area (Å²) in [5.74, 6) is 0.711. The molecule has 0 fully saturated rings. The second kappa shape index (κ2) is 9.52. The maximum Gasteiger partial charge on any atom is 0.296 e. The summed E-state index contributed by atoms with van der Waals surface area (Å²) in [6, 6.07) is 17.7. The number of nitro groups is 1. The minimum atomic E-state index is -0.553. The Morgan fingerprint density at radius 2 is 1.93 bits per heavy atom. The topological polar surface area (TPSA) is 97.8 Å².